The quantitative estimate of drug-likeness (QED) is 0.292. The van der Waals surface area contributed by atoms with E-state index in [0.29, 0.717) is 17.1 Å². The fourth-order valence-electron chi connectivity index (χ4n) is 2.57. The van der Waals surface area contributed by atoms with Crippen LogP contribution in [0.4, 0.5) is 10.5 Å². The van der Waals surface area contributed by atoms with Crippen molar-refractivity contribution in [3.8, 4) is 11.3 Å². The Morgan fingerprint density at radius 1 is 1.31 bits per heavy atom. The van der Waals surface area contributed by atoms with Crippen LogP contribution in [0.5, 0.6) is 0 Å². The van der Waals surface area contributed by atoms with Crippen LogP contribution in [-0.4, -0.2) is 28.3 Å². The molecule has 1 fully saturated rings. The Bertz CT molecular complexity index is 957. The second-order valence-corrected chi connectivity index (χ2v) is 5.65. The van der Waals surface area contributed by atoms with E-state index in [4.69, 9.17) is 4.42 Å². The highest BCUT2D eigenvalue weighted by Crippen LogP contribution is 2.30. The van der Waals surface area contributed by atoms with E-state index in [1.54, 1.807) is 18.2 Å². The number of non-ortho nitro benzene ring substituents is 1. The number of nitro groups is 1. The second kappa shape index (κ2) is 6.67. The van der Waals surface area contributed by atoms with Crippen LogP contribution in [0.3, 0.4) is 0 Å². The topological polar surface area (TPSA) is 106 Å². The Kier molecular flexibility index (Phi) is 4.40. The molecular weight excluding hydrogens is 338 g/mol. The number of aryl methyl sites for hydroxylation is 1. The van der Waals surface area contributed by atoms with Gasteiger partial charge in [0, 0.05) is 30.3 Å². The largest absolute Gasteiger partial charge is 0.457 e. The maximum atomic E-state index is 12.2. The number of hydrogen-bond acceptors (Lipinski definition) is 5. The van der Waals surface area contributed by atoms with Gasteiger partial charge in [0.15, 0.2) is 0 Å². The van der Waals surface area contributed by atoms with Gasteiger partial charge in [0.05, 0.1) is 4.92 Å². The summed E-state index contributed by atoms with van der Waals surface area (Å²) in [5.41, 5.74) is 1.44. The van der Waals surface area contributed by atoms with Crippen molar-refractivity contribution < 1.29 is 18.9 Å². The van der Waals surface area contributed by atoms with Crippen molar-refractivity contribution in [3.63, 3.8) is 0 Å². The van der Waals surface area contributed by atoms with Gasteiger partial charge >= 0.3 is 6.03 Å². The summed E-state index contributed by atoms with van der Waals surface area (Å²) in [4.78, 5) is 35.4. The number of urea groups is 1. The molecule has 0 aliphatic carbocycles. The third-order valence-electron chi connectivity index (χ3n) is 3.88. The molecule has 0 spiro atoms. The van der Waals surface area contributed by atoms with E-state index >= 15 is 0 Å². The number of rotatable bonds is 5. The zero-order chi connectivity index (χ0) is 18.8. The summed E-state index contributed by atoms with van der Waals surface area (Å²) in [6.07, 6.45) is 2.87. The molecule has 0 bridgehead atoms. The van der Waals surface area contributed by atoms with Gasteiger partial charge in [-0.2, -0.15) is 0 Å². The first-order chi connectivity index (χ1) is 12.4. The van der Waals surface area contributed by atoms with Crippen LogP contribution in [0.2, 0.25) is 0 Å². The van der Waals surface area contributed by atoms with Crippen LogP contribution < -0.4 is 5.32 Å². The average Bonchev–Trinajstić information content (AvgIpc) is 3.16. The molecule has 8 heteroatoms. The predicted octanol–water partition coefficient (Wildman–Crippen LogP) is 3.24. The monoisotopic (exact) mass is 353 g/mol. The van der Waals surface area contributed by atoms with Gasteiger partial charge < -0.3 is 9.73 Å². The molecule has 0 atom stereocenters. The number of carbonyl (C=O) groups excluding carboxylic acids is 2. The van der Waals surface area contributed by atoms with Gasteiger partial charge in [0.1, 0.15) is 17.2 Å². The number of nitrogens with zero attached hydrogens (tertiary/aromatic N) is 2. The van der Waals surface area contributed by atoms with Gasteiger partial charge in [-0.05, 0) is 24.6 Å². The molecule has 3 amide bonds. The first kappa shape index (κ1) is 17.2. The third-order valence-corrected chi connectivity index (χ3v) is 3.88. The maximum absolute atomic E-state index is 12.2. The van der Waals surface area contributed by atoms with E-state index in [1.165, 1.54) is 24.3 Å². The third kappa shape index (κ3) is 3.12. The lowest BCUT2D eigenvalue weighted by molar-refractivity contribution is -0.384. The molecule has 3 rings (SSSR count). The molecule has 0 radical (unpaired) electrons. The standard InChI is InChI=1S/C18H15N3O5/c1-3-8-20-17(22)15(19-18(20)23)10-13-6-7-16(26-13)14-9-12(21(24)25)5-4-11(14)2/h3-7,9-10H,1,8H2,2H3,(H,19,23)/b15-10+. The predicted molar refractivity (Wildman–Crippen MR) is 94.0 cm³/mol. The molecule has 1 saturated heterocycles. The Morgan fingerprint density at radius 3 is 2.77 bits per heavy atom. The summed E-state index contributed by atoms with van der Waals surface area (Å²) in [6.45, 7) is 5.43. The van der Waals surface area contributed by atoms with Crippen molar-refractivity contribution in [2.45, 2.75) is 6.92 Å². The first-order valence-corrected chi connectivity index (χ1v) is 7.71. The molecule has 2 heterocycles. The Hall–Kier alpha value is -3.68. The van der Waals surface area contributed by atoms with Gasteiger partial charge in [-0.25, -0.2) is 4.79 Å². The number of carbonyl (C=O) groups is 2. The number of nitro benzene ring substituents is 1. The lowest BCUT2D eigenvalue weighted by atomic mass is 10.1. The molecule has 0 saturated carbocycles. The molecule has 0 unspecified atom stereocenters. The number of imide groups is 1. The summed E-state index contributed by atoms with van der Waals surface area (Å²) in [5.74, 6) is 0.298. The van der Waals surface area contributed by atoms with Crippen LogP contribution in [0.15, 0.2) is 53.1 Å². The van der Waals surface area contributed by atoms with Gasteiger partial charge in [-0.1, -0.05) is 12.1 Å². The zero-order valence-corrected chi connectivity index (χ0v) is 13.9. The highest BCUT2D eigenvalue weighted by Gasteiger charge is 2.32. The fourth-order valence-corrected chi connectivity index (χ4v) is 2.57. The van der Waals surface area contributed by atoms with Crippen molar-refractivity contribution in [3.05, 3.63) is 70.1 Å². The van der Waals surface area contributed by atoms with Crippen molar-refractivity contribution in [2.24, 2.45) is 0 Å². The molecule has 8 nitrogen and oxygen atoms in total. The SMILES string of the molecule is C=CCN1C(=O)N/C(=C/c2ccc(-c3cc([N+](=O)[O-])ccc3C)o2)C1=O. The van der Waals surface area contributed by atoms with Gasteiger partial charge in [0.2, 0.25) is 0 Å². The number of benzene rings is 1. The van der Waals surface area contributed by atoms with Gasteiger partial charge in [-0.15, -0.1) is 6.58 Å². The van der Waals surface area contributed by atoms with E-state index in [2.05, 4.69) is 11.9 Å². The summed E-state index contributed by atoms with van der Waals surface area (Å²) in [7, 11) is 0. The number of furan rings is 1. The van der Waals surface area contributed by atoms with E-state index < -0.39 is 16.9 Å². The smallest absolute Gasteiger partial charge is 0.329 e. The van der Waals surface area contributed by atoms with Crippen LogP contribution in [-0.2, 0) is 4.79 Å². The molecular formula is C18H15N3O5. The van der Waals surface area contributed by atoms with E-state index in [0.717, 1.165) is 10.5 Å². The average molecular weight is 353 g/mol. The van der Waals surface area contributed by atoms with Crippen molar-refractivity contribution in [1.82, 2.24) is 10.2 Å². The number of amides is 3. The first-order valence-electron chi connectivity index (χ1n) is 7.71. The highest BCUT2D eigenvalue weighted by molar-refractivity contribution is 6.13. The Labute approximate surface area is 148 Å². The summed E-state index contributed by atoms with van der Waals surface area (Å²) in [6, 6.07) is 7.24. The van der Waals surface area contributed by atoms with Crippen LogP contribution in [0, 0.1) is 17.0 Å². The van der Waals surface area contributed by atoms with E-state index in [-0.39, 0.29) is 17.9 Å². The molecule has 1 N–H and O–H groups in total. The molecule has 132 valence electrons. The highest BCUT2D eigenvalue weighted by atomic mass is 16.6. The Balaban J connectivity index is 1.91. The molecule has 1 aromatic heterocycles. The van der Waals surface area contributed by atoms with Crippen LogP contribution in [0.25, 0.3) is 17.4 Å². The van der Waals surface area contributed by atoms with Gasteiger partial charge in [-0.3, -0.25) is 19.8 Å². The lowest BCUT2D eigenvalue weighted by Crippen LogP contribution is -2.30. The number of nitrogens with one attached hydrogen (secondary N) is 1. The van der Waals surface area contributed by atoms with Crippen molar-refractivity contribution in [1.29, 1.82) is 0 Å². The molecule has 1 aliphatic heterocycles. The van der Waals surface area contributed by atoms with Crippen molar-refractivity contribution in [2.75, 3.05) is 6.54 Å². The Morgan fingerprint density at radius 2 is 2.08 bits per heavy atom. The fraction of sp³-hybridized carbons (Fsp3) is 0.111. The number of hydrogen-bond donors (Lipinski definition) is 1. The molecule has 26 heavy (non-hydrogen) atoms. The van der Waals surface area contributed by atoms with Crippen LogP contribution in [0.1, 0.15) is 11.3 Å². The normalized spacial score (nSPS) is 15.4. The van der Waals surface area contributed by atoms with Crippen LogP contribution >= 0.6 is 0 Å². The van der Waals surface area contributed by atoms with E-state index in [1.807, 2.05) is 6.92 Å². The summed E-state index contributed by atoms with van der Waals surface area (Å²) < 4.78 is 5.68. The second-order valence-electron chi connectivity index (χ2n) is 5.65. The van der Waals surface area contributed by atoms with Gasteiger partial charge in [0.25, 0.3) is 11.6 Å². The lowest BCUT2D eigenvalue weighted by Gasteiger charge is -2.06. The zero-order valence-electron chi connectivity index (χ0n) is 13.9. The minimum Gasteiger partial charge on any atom is -0.457 e. The molecule has 1 aromatic carbocycles. The minimum atomic E-state index is -0.526. The minimum absolute atomic E-state index is 0.0415. The van der Waals surface area contributed by atoms with E-state index in [9.17, 15) is 19.7 Å². The molecule has 1 aliphatic rings. The summed E-state index contributed by atoms with van der Waals surface area (Å²) >= 11 is 0. The van der Waals surface area contributed by atoms with Crippen molar-refractivity contribution >= 4 is 23.7 Å². The maximum Gasteiger partial charge on any atom is 0.329 e. The molecule has 2 aromatic rings. The summed E-state index contributed by atoms with van der Waals surface area (Å²) in [5, 5.41) is 13.4.